The first-order chi connectivity index (χ1) is 11.4. The largest absolute Gasteiger partial charge is 0.481 e. The molecule has 0 aromatic carbocycles. The number of carboxylic acids is 1. The lowest BCUT2D eigenvalue weighted by molar-refractivity contribution is -0.143. The van der Waals surface area contributed by atoms with Gasteiger partial charge in [-0.05, 0) is 12.8 Å². The number of hydrogen-bond donors (Lipinski definition) is 2. The Kier molecular flexibility index (Phi) is 6.54. The highest BCUT2D eigenvalue weighted by Gasteiger charge is 2.31. The van der Waals surface area contributed by atoms with Crippen molar-refractivity contribution < 1.29 is 14.7 Å². The topological polar surface area (TPSA) is 92.2 Å². The highest BCUT2D eigenvalue weighted by molar-refractivity contribution is 6.33. The number of carboxylic acid groups (broad SMARTS) is 1. The molecule has 0 radical (unpaired) electrons. The second-order valence-corrected chi connectivity index (χ2v) is 7.00. The van der Waals surface area contributed by atoms with Crippen molar-refractivity contribution in [3.8, 4) is 0 Å². The number of halogens is 1. The summed E-state index contributed by atoms with van der Waals surface area (Å²) in [5, 5.41) is 12.5. The number of hydrogen-bond acceptors (Lipinski definition) is 4. The molecule has 2 atom stereocenters. The molecule has 0 spiro atoms. The van der Waals surface area contributed by atoms with E-state index in [4.69, 9.17) is 11.6 Å². The molecule has 0 saturated heterocycles. The minimum absolute atomic E-state index is 0.0713. The third kappa shape index (κ3) is 4.66. The van der Waals surface area contributed by atoms with Crippen LogP contribution in [0.3, 0.4) is 0 Å². The van der Waals surface area contributed by atoms with Gasteiger partial charge < -0.3 is 10.4 Å². The SMILES string of the molecule is CC(C)c1ncc(Cl)c(C(=O)NC2CCCCCCC2C(=O)O)n1. The maximum Gasteiger partial charge on any atom is 0.308 e. The predicted molar refractivity (Wildman–Crippen MR) is 91.2 cm³/mol. The molecule has 6 nitrogen and oxygen atoms in total. The van der Waals surface area contributed by atoms with Crippen LogP contribution in [0, 0.1) is 5.92 Å². The third-order valence-electron chi connectivity index (χ3n) is 4.39. The van der Waals surface area contributed by atoms with Crippen LogP contribution in [0.15, 0.2) is 6.20 Å². The minimum atomic E-state index is -0.862. The summed E-state index contributed by atoms with van der Waals surface area (Å²) in [5.41, 5.74) is 0.113. The number of nitrogens with zero attached hydrogens (tertiary/aromatic N) is 2. The molecule has 1 amide bonds. The fraction of sp³-hybridized carbons (Fsp3) is 0.647. The molecule has 1 aliphatic carbocycles. The van der Waals surface area contributed by atoms with Gasteiger partial charge in [0.05, 0.1) is 17.1 Å². The van der Waals surface area contributed by atoms with E-state index in [1.54, 1.807) is 0 Å². The maximum atomic E-state index is 12.6. The van der Waals surface area contributed by atoms with Crippen LogP contribution in [0.5, 0.6) is 0 Å². The number of amides is 1. The van der Waals surface area contributed by atoms with Crippen molar-refractivity contribution in [2.75, 3.05) is 0 Å². The number of rotatable bonds is 4. The van der Waals surface area contributed by atoms with E-state index in [1.807, 2.05) is 13.8 Å². The van der Waals surface area contributed by atoms with E-state index in [9.17, 15) is 14.7 Å². The lowest BCUT2D eigenvalue weighted by atomic mass is 9.86. The normalized spacial score (nSPS) is 21.8. The Hall–Kier alpha value is -1.69. The Bertz CT molecular complexity index is 607. The molecule has 7 heteroatoms. The molecule has 1 aromatic rings. The summed E-state index contributed by atoms with van der Waals surface area (Å²) in [6.07, 6.45) is 6.53. The van der Waals surface area contributed by atoms with E-state index >= 15 is 0 Å². The van der Waals surface area contributed by atoms with Crippen LogP contribution < -0.4 is 5.32 Å². The minimum Gasteiger partial charge on any atom is -0.481 e. The lowest BCUT2D eigenvalue weighted by Gasteiger charge is -2.27. The number of carbonyl (C=O) groups excluding carboxylic acids is 1. The number of aromatic nitrogens is 2. The number of carbonyl (C=O) groups is 2. The van der Waals surface area contributed by atoms with Gasteiger partial charge in [-0.15, -0.1) is 0 Å². The summed E-state index contributed by atoms with van der Waals surface area (Å²) in [5.74, 6) is -1.25. The van der Waals surface area contributed by atoms with E-state index in [2.05, 4.69) is 15.3 Å². The van der Waals surface area contributed by atoms with Gasteiger partial charge in [-0.25, -0.2) is 9.97 Å². The number of nitrogens with one attached hydrogen (secondary N) is 1. The van der Waals surface area contributed by atoms with Gasteiger partial charge >= 0.3 is 5.97 Å². The van der Waals surface area contributed by atoms with E-state index in [0.717, 1.165) is 25.7 Å². The average Bonchev–Trinajstić information content (AvgIpc) is 2.49. The molecule has 0 aliphatic heterocycles. The van der Waals surface area contributed by atoms with Crippen LogP contribution in [0.1, 0.15) is 74.6 Å². The van der Waals surface area contributed by atoms with E-state index in [1.165, 1.54) is 6.20 Å². The van der Waals surface area contributed by atoms with Crippen LogP contribution in [-0.4, -0.2) is 33.0 Å². The molecule has 1 aliphatic rings. The Labute approximate surface area is 147 Å². The zero-order valence-corrected chi connectivity index (χ0v) is 14.8. The first-order valence-corrected chi connectivity index (χ1v) is 8.84. The smallest absolute Gasteiger partial charge is 0.308 e. The van der Waals surface area contributed by atoms with Gasteiger partial charge in [-0.3, -0.25) is 9.59 Å². The van der Waals surface area contributed by atoms with Crippen molar-refractivity contribution in [1.29, 1.82) is 0 Å². The van der Waals surface area contributed by atoms with Crippen molar-refractivity contribution >= 4 is 23.5 Å². The van der Waals surface area contributed by atoms with Crippen molar-refractivity contribution in [1.82, 2.24) is 15.3 Å². The third-order valence-corrected chi connectivity index (χ3v) is 4.67. The zero-order chi connectivity index (χ0) is 17.7. The fourth-order valence-electron chi connectivity index (χ4n) is 3.01. The molecule has 1 heterocycles. The van der Waals surface area contributed by atoms with E-state index < -0.39 is 23.8 Å². The van der Waals surface area contributed by atoms with E-state index in [0.29, 0.717) is 18.7 Å². The molecular formula is C17H24ClN3O3. The van der Waals surface area contributed by atoms with E-state index in [-0.39, 0.29) is 16.6 Å². The van der Waals surface area contributed by atoms with Crippen LogP contribution >= 0.6 is 11.6 Å². The van der Waals surface area contributed by atoms with Crippen molar-refractivity contribution in [3.05, 3.63) is 22.7 Å². The van der Waals surface area contributed by atoms with Gasteiger partial charge in [0.1, 0.15) is 11.5 Å². The Morgan fingerprint density at radius 3 is 2.54 bits per heavy atom. The number of aliphatic carboxylic acids is 1. The van der Waals surface area contributed by atoms with Crippen molar-refractivity contribution in [2.45, 2.75) is 64.3 Å². The Morgan fingerprint density at radius 2 is 1.92 bits per heavy atom. The van der Waals surface area contributed by atoms with Gasteiger partial charge in [-0.2, -0.15) is 0 Å². The van der Waals surface area contributed by atoms with Gasteiger partial charge in [-0.1, -0.05) is 51.1 Å². The zero-order valence-electron chi connectivity index (χ0n) is 14.1. The summed E-state index contributed by atoms with van der Waals surface area (Å²) in [6, 6.07) is -0.399. The second-order valence-electron chi connectivity index (χ2n) is 6.60. The molecule has 1 aromatic heterocycles. The predicted octanol–water partition coefficient (Wildman–Crippen LogP) is 3.41. The van der Waals surface area contributed by atoms with Crippen LogP contribution in [0.4, 0.5) is 0 Å². The molecule has 1 saturated carbocycles. The molecule has 2 unspecified atom stereocenters. The summed E-state index contributed by atoms with van der Waals surface area (Å²) >= 11 is 6.07. The molecule has 24 heavy (non-hydrogen) atoms. The van der Waals surface area contributed by atoms with Gasteiger partial charge in [0.2, 0.25) is 0 Å². The quantitative estimate of drug-likeness (QED) is 0.865. The first-order valence-electron chi connectivity index (χ1n) is 8.46. The van der Waals surface area contributed by atoms with Crippen LogP contribution in [0.2, 0.25) is 5.02 Å². The van der Waals surface area contributed by atoms with Gasteiger partial charge in [0, 0.05) is 12.0 Å². The molecule has 2 N–H and O–H groups in total. The monoisotopic (exact) mass is 353 g/mol. The Morgan fingerprint density at radius 1 is 1.25 bits per heavy atom. The average molecular weight is 354 g/mol. The van der Waals surface area contributed by atoms with Crippen LogP contribution in [-0.2, 0) is 4.79 Å². The van der Waals surface area contributed by atoms with Crippen LogP contribution in [0.25, 0.3) is 0 Å². The molecule has 0 bridgehead atoms. The van der Waals surface area contributed by atoms with Crippen molar-refractivity contribution in [3.63, 3.8) is 0 Å². The summed E-state index contributed by atoms with van der Waals surface area (Å²) in [6.45, 7) is 3.86. The summed E-state index contributed by atoms with van der Waals surface area (Å²) < 4.78 is 0. The lowest BCUT2D eigenvalue weighted by Crippen LogP contribution is -2.44. The highest BCUT2D eigenvalue weighted by atomic mass is 35.5. The molecule has 1 fully saturated rings. The molecular weight excluding hydrogens is 330 g/mol. The molecule has 132 valence electrons. The summed E-state index contributed by atoms with van der Waals surface area (Å²) in [7, 11) is 0. The maximum absolute atomic E-state index is 12.6. The highest BCUT2D eigenvalue weighted by Crippen LogP contribution is 2.24. The first kappa shape index (κ1) is 18.6. The van der Waals surface area contributed by atoms with Gasteiger partial charge in [0.25, 0.3) is 5.91 Å². The molecule has 2 rings (SSSR count). The second kappa shape index (κ2) is 8.42. The Balaban J connectivity index is 2.19. The standard InChI is InChI=1S/C17H24ClN3O3/c1-10(2)15-19-9-12(18)14(21-15)16(22)20-13-8-6-4-3-5-7-11(13)17(23)24/h9-11,13H,3-8H2,1-2H3,(H,20,22)(H,23,24). The van der Waals surface area contributed by atoms with Crippen molar-refractivity contribution in [2.24, 2.45) is 5.92 Å². The summed E-state index contributed by atoms with van der Waals surface area (Å²) in [4.78, 5) is 32.5. The van der Waals surface area contributed by atoms with Gasteiger partial charge in [0.15, 0.2) is 0 Å². The fourth-order valence-corrected chi connectivity index (χ4v) is 3.18.